The highest BCUT2D eigenvalue weighted by Crippen LogP contribution is 2.29. The number of alkyl halides is 3. The SMILES string of the molecule is Cc1ccccc1COc1ccc(C=NNc2ccc(C(F)(F)F)cc2)cc1. The maximum absolute atomic E-state index is 12.5. The fraction of sp³-hybridized carbons (Fsp3) is 0.136. The summed E-state index contributed by atoms with van der Waals surface area (Å²) < 4.78 is 43.4. The molecule has 0 spiro atoms. The lowest BCUT2D eigenvalue weighted by Gasteiger charge is -2.08. The van der Waals surface area contributed by atoms with E-state index in [2.05, 4.69) is 10.5 Å². The summed E-state index contributed by atoms with van der Waals surface area (Å²) in [5, 5.41) is 4.04. The molecule has 0 aliphatic rings. The molecule has 0 aliphatic carbocycles. The second kappa shape index (κ2) is 8.61. The first-order valence-electron chi connectivity index (χ1n) is 8.65. The van der Waals surface area contributed by atoms with Crippen molar-refractivity contribution in [3.63, 3.8) is 0 Å². The Morgan fingerprint density at radius 1 is 0.929 bits per heavy atom. The van der Waals surface area contributed by atoms with Crippen LogP contribution in [0.3, 0.4) is 0 Å². The van der Waals surface area contributed by atoms with E-state index >= 15 is 0 Å². The van der Waals surface area contributed by atoms with Crippen LogP contribution in [0.5, 0.6) is 5.75 Å². The largest absolute Gasteiger partial charge is 0.489 e. The van der Waals surface area contributed by atoms with Gasteiger partial charge in [0.2, 0.25) is 0 Å². The van der Waals surface area contributed by atoms with Crippen molar-refractivity contribution < 1.29 is 17.9 Å². The molecule has 3 nitrogen and oxygen atoms in total. The van der Waals surface area contributed by atoms with E-state index in [9.17, 15) is 13.2 Å². The molecule has 0 saturated carbocycles. The van der Waals surface area contributed by atoms with Gasteiger partial charge >= 0.3 is 6.18 Å². The van der Waals surface area contributed by atoms with Gasteiger partial charge in [-0.1, -0.05) is 24.3 Å². The zero-order chi connectivity index (χ0) is 20.0. The Morgan fingerprint density at radius 2 is 1.61 bits per heavy atom. The number of nitrogens with one attached hydrogen (secondary N) is 1. The van der Waals surface area contributed by atoms with Crippen molar-refractivity contribution in [3.8, 4) is 5.75 Å². The van der Waals surface area contributed by atoms with Crippen LogP contribution in [0.4, 0.5) is 18.9 Å². The third-order valence-corrected chi connectivity index (χ3v) is 4.16. The van der Waals surface area contributed by atoms with Crippen LogP contribution in [-0.2, 0) is 12.8 Å². The third kappa shape index (κ3) is 5.36. The number of hydrogen-bond acceptors (Lipinski definition) is 3. The summed E-state index contributed by atoms with van der Waals surface area (Å²) in [6, 6.07) is 20.1. The van der Waals surface area contributed by atoms with Gasteiger partial charge in [-0.15, -0.1) is 0 Å². The van der Waals surface area contributed by atoms with Crippen LogP contribution in [-0.4, -0.2) is 6.21 Å². The monoisotopic (exact) mass is 384 g/mol. The highest BCUT2D eigenvalue weighted by molar-refractivity contribution is 5.80. The minimum Gasteiger partial charge on any atom is -0.489 e. The summed E-state index contributed by atoms with van der Waals surface area (Å²) in [7, 11) is 0. The van der Waals surface area contributed by atoms with Gasteiger partial charge in [-0.25, -0.2) is 0 Å². The molecule has 0 heterocycles. The first-order valence-corrected chi connectivity index (χ1v) is 8.65. The lowest BCUT2D eigenvalue weighted by Crippen LogP contribution is -2.04. The molecule has 0 bridgehead atoms. The maximum atomic E-state index is 12.5. The van der Waals surface area contributed by atoms with Gasteiger partial charge in [0, 0.05) is 0 Å². The molecule has 0 saturated heterocycles. The van der Waals surface area contributed by atoms with E-state index in [-0.39, 0.29) is 0 Å². The molecule has 1 N–H and O–H groups in total. The van der Waals surface area contributed by atoms with Crippen molar-refractivity contribution in [2.75, 3.05) is 5.43 Å². The van der Waals surface area contributed by atoms with E-state index in [1.807, 2.05) is 55.5 Å². The van der Waals surface area contributed by atoms with Gasteiger partial charge in [-0.2, -0.15) is 18.3 Å². The molecule has 0 unspecified atom stereocenters. The topological polar surface area (TPSA) is 33.6 Å². The molecule has 0 radical (unpaired) electrons. The van der Waals surface area contributed by atoms with Crippen molar-refractivity contribution in [2.45, 2.75) is 19.7 Å². The Balaban J connectivity index is 1.53. The maximum Gasteiger partial charge on any atom is 0.416 e. The van der Waals surface area contributed by atoms with Crippen LogP contribution in [0.1, 0.15) is 22.3 Å². The van der Waals surface area contributed by atoms with Gasteiger partial charge in [0.05, 0.1) is 17.5 Å². The quantitative estimate of drug-likeness (QED) is 0.415. The molecule has 0 aromatic heterocycles. The van der Waals surface area contributed by atoms with Gasteiger partial charge in [0.25, 0.3) is 0 Å². The number of nitrogens with zero attached hydrogens (tertiary/aromatic N) is 1. The number of hydrazone groups is 1. The molecular formula is C22H19F3N2O. The van der Waals surface area contributed by atoms with Crippen molar-refractivity contribution >= 4 is 11.9 Å². The Kier molecular flexibility index (Phi) is 5.99. The van der Waals surface area contributed by atoms with Gasteiger partial charge in [-0.3, -0.25) is 5.43 Å². The minimum atomic E-state index is -4.34. The van der Waals surface area contributed by atoms with Crippen LogP contribution >= 0.6 is 0 Å². The average molecular weight is 384 g/mol. The van der Waals surface area contributed by atoms with E-state index < -0.39 is 11.7 Å². The van der Waals surface area contributed by atoms with Gasteiger partial charge in [0.1, 0.15) is 12.4 Å². The second-order valence-electron chi connectivity index (χ2n) is 6.23. The van der Waals surface area contributed by atoms with Gasteiger partial charge < -0.3 is 4.74 Å². The molecular weight excluding hydrogens is 365 g/mol. The smallest absolute Gasteiger partial charge is 0.416 e. The summed E-state index contributed by atoms with van der Waals surface area (Å²) in [6.07, 6.45) is -2.76. The Labute approximate surface area is 161 Å². The fourth-order valence-corrected chi connectivity index (χ4v) is 2.50. The van der Waals surface area contributed by atoms with Crippen molar-refractivity contribution in [1.82, 2.24) is 0 Å². The molecule has 0 atom stereocenters. The van der Waals surface area contributed by atoms with Gasteiger partial charge in [-0.05, 0) is 72.1 Å². The normalized spacial score (nSPS) is 11.6. The molecule has 6 heteroatoms. The van der Waals surface area contributed by atoms with E-state index in [4.69, 9.17) is 4.74 Å². The number of hydrogen-bond donors (Lipinski definition) is 1. The van der Waals surface area contributed by atoms with Crippen LogP contribution in [0, 0.1) is 6.92 Å². The second-order valence-corrected chi connectivity index (χ2v) is 6.23. The lowest BCUT2D eigenvalue weighted by atomic mass is 10.1. The Bertz CT molecular complexity index is 933. The highest BCUT2D eigenvalue weighted by Gasteiger charge is 2.29. The Hall–Kier alpha value is -3.28. The van der Waals surface area contributed by atoms with Crippen molar-refractivity contribution in [1.29, 1.82) is 0 Å². The predicted octanol–water partition coefficient (Wildman–Crippen LogP) is 6.04. The molecule has 144 valence electrons. The number of aryl methyl sites for hydroxylation is 1. The fourth-order valence-electron chi connectivity index (χ4n) is 2.50. The number of ether oxygens (including phenoxy) is 1. The van der Waals surface area contributed by atoms with Crippen molar-refractivity contribution in [3.05, 3.63) is 95.1 Å². The summed E-state index contributed by atoms with van der Waals surface area (Å²) >= 11 is 0. The third-order valence-electron chi connectivity index (χ3n) is 4.16. The lowest BCUT2D eigenvalue weighted by molar-refractivity contribution is -0.137. The van der Waals surface area contributed by atoms with E-state index in [1.54, 1.807) is 6.21 Å². The zero-order valence-corrected chi connectivity index (χ0v) is 15.2. The molecule has 0 fully saturated rings. The number of halogens is 3. The summed E-state index contributed by atoms with van der Waals surface area (Å²) in [4.78, 5) is 0. The summed E-state index contributed by atoms with van der Waals surface area (Å²) in [5.74, 6) is 0.746. The van der Waals surface area contributed by atoms with E-state index in [0.29, 0.717) is 12.3 Å². The minimum absolute atomic E-state index is 0.474. The van der Waals surface area contributed by atoms with Crippen molar-refractivity contribution in [2.24, 2.45) is 5.10 Å². The molecule has 0 amide bonds. The number of anilines is 1. The van der Waals surface area contributed by atoms with Crippen LogP contribution < -0.4 is 10.2 Å². The van der Waals surface area contributed by atoms with Gasteiger partial charge in [0.15, 0.2) is 0 Å². The number of benzene rings is 3. The molecule has 3 aromatic carbocycles. The zero-order valence-electron chi connectivity index (χ0n) is 15.2. The van der Waals surface area contributed by atoms with Crippen LogP contribution in [0.2, 0.25) is 0 Å². The summed E-state index contributed by atoms with van der Waals surface area (Å²) in [6.45, 7) is 2.54. The molecule has 0 aliphatic heterocycles. The van der Waals surface area contributed by atoms with Crippen LogP contribution in [0.15, 0.2) is 77.9 Å². The number of rotatable bonds is 6. The average Bonchev–Trinajstić information content (AvgIpc) is 2.68. The first kappa shape index (κ1) is 19.5. The molecule has 3 aromatic rings. The van der Waals surface area contributed by atoms with E-state index in [1.165, 1.54) is 17.7 Å². The van der Waals surface area contributed by atoms with E-state index in [0.717, 1.165) is 29.0 Å². The standard InChI is InChI=1S/C22H19F3N2O/c1-16-4-2-3-5-18(16)15-28-21-12-6-17(7-13-21)14-26-27-20-10-8-19(9-11-20)22(23,24)25/h2-14,27H,15H2,1H3. The Morgan fingerprint density at radius 3 is 2.25 bits per heavy atom. The summed E-state index contributed by atoms with van der Waals surface area (Å²) in [5.41, 5.74) is 5.64. The predicted molar refractivity (Wildman–Crippen MR) is 105 cm³/mol. The highest BCUT2D eigenvalue weighted by atomic mass is 19.4. The molecule has 28 heavy (non-hydrogen) atoms. The van der Waals surface area contributed by atoms with Crippen LogP contribution in [0.25, 0.3) is 0 Å². The first-order chi connectivity index (χ1) is 13.4. The molecule has 3 rings (SSSR count).